The number of rotatable bonds is 6. The van der Waals surface area contributed by atoms with Gasteiger partial charge in [-0.15, -0.1) is 6.58 Å². The molecule has 0 radical (unpaired) electrons. The highest BCUT2D eigenvalue weighted by Gasteiger charge is 1.96. The SMILES string of the molecule is C=CCCC(=O)CNCC. The number of nitrogens with one attached hydrogen (secondary N) is 1. The molecule has 0 amide bonds. The second kappa shape index (κ2) is 6.49. The molecule has 0 rings (SSSR count). The van der Waals surface area contributed by atoms with Crippen LogP contribution in [-0.2, 0) is 4.79 Å². The van der Waals surface area contributed by atoms with Crippen LogP contribution >= 0.6 is 0 Å². The molecule has 0 saturated carbocycles. The molecule has 10 heavy (non-hydrogen) atoms. The van der Waals surface area contributed by atoms with Crippen LogP contribution in [0.3, 0.4) is 0 Å². The first-order valence-electron chi connectivity index (χ1n) is 3.64. The molecule has 0 aromatic carbocycles. The Morgan fingerprint density at radius 2 is 2.40 bits per heavy atom. The van der Waals surface area contributed by atoms with E-state index in [9.17, 15) is 4.79 Å². The van der Waals surface area contributed by atoms with Crippen LogP contribution < -0.4 is 5.32 Å². The normalized spacial score (nSPS) is 9.30. The molecule has 0 unspecified atom stereocenters. The Labute approximate surface area is 62.3 Å². The molecular formula is C8H15NO. The Kier molecular flexibility index (Phi) is 6.08. The minimum atomic E-state index is 0.266. The molecule has 0 fully saturated rings. The lowest BCUT2D eigenvalue weighted by atomic mass is 10.2. The molecule has 0 aliphatic heterocycles. The van der Waals surface area contributed by atoms with Gasteiger partial charge in [-0.1, -0.05) is 13.0 Å². The lowest BCUT2D eigenvalue weighted by Gasteiger charge is -1.97. The van der Waals surface area contributed by atoms with Gasteiger partial charge < -0.3 is 5.32 Å². The van der Waals surface area contributed by atoms with Crippen molar-refractivity contribution in [2.24, 2.45) is 0 Å². The molecule has 0 aromatic rings. The first kappa shape index (κ1) is 9.37. The number of carbonyl (C=O) groups excluding carboxylic acids is 1. The highest BCUT2D eigenvalue weighted by atomic mass is 16.1. The summed E-state index contributed by atoms with van der Waals surface area (Å²) in [6.45, 7) is 6.89. The predicted molar refractivity (Wildman–Crippen MR) is 43.0 cm³/mol. The van der Waals surface area contributed by atoms with E-state index in [-0.39, 0.29) is 5.78 Å². The molecular weight excluding hydrogens is 126 g/mol. The van der Waals surface area contributed by atoms with E-state index in [0.29, 0.717) is 13.0 Å². The Morgan fingerprint density at radius 1 is 1.70 bits per heavy atom. The highest BCUT2D eigenvalue weighted by Crippen LogP contribution is 1.89. The summed E-state index contributed by atoms with van der Waals surface area (Å²) in [4.78, 5) is 10.9. The third-order valence-corrected chi connectivity index (χ3v) is 1.20. The maximum absolute atomic E-state index is 10.9. The smallest absolute Gasteiger partial charge is 0.146 e. The summed E-state index contributed by atoms with van der Waals surface area (Å²) < 4.78 is 0. The fourth-order valence-electron chi connectivity index (χ4n) is 0.616. The molecule has 0 atom stereocenters. The molecule has 2 nitrogen and oxygen atoms in total. The number of hydrogen-bond donors (Lipinski definition) is 1. The van der Waals surface area contributed by atoms with E-state index in [1.165, 1.54) is 0 Å². The number of ketones is 1. The summed E-state index contributed by atoms with van der Waals surface area (Å²) in [5, 5.41) is 2.97. The van der Waals surface area contributed by atoms with E-state index in [2.05, 4.69) is 11.9 Å². The van der Waals surface area contributed by atoms with Crippen LogP contribution in [0.4, 0.5) is 0 Å². The Bertz CT molecular complexity index is 110. The zero-order chi connectivity index (χ0) is 7.82. The summed E-state index contributed by atoms with van der Waals surface area (Å²) >= 11 is 0. The van der Waals surface area contributed by atoms with Crippen LogP contribution in [0, 0.1) is 0 Å². The second-order valence-corrected chi connectivity index (χ2v) is 2.15. The monoisotopic (exact) mass is 141 g/mol. The van der Waals surface area contributed by atoms with Gasteiger partial charge in [0.2, 0.25) is 0 Å². The molecule has 0 saturated heterocycles. The van der Waals surface area contributed by atoms with Crippen molar-refractivity contribution >= 4 is 5.78 Å². The number of likely N-dealkylation sites (N-methyl/N-ethyl adjacent to an activating group) is 1. The van der Waals surface area contributed by atoms with Gasteiger partial charge in [-0.3, -0.25) is 4.79 Å². The van der Waals surface area contributed by atoms with Crippen LogP contribution in [-0.4, -0.2) is 18.9 Å². The quantitative estimate of drug-likeness (QED) is 0.562. The van der Waals surface area contributed by atoms with Crippen LogP contribution in [0.5, 0.6) is 0 Å². The molecule has 0 spiro atoms. The van der Waals surface area contributed by atoms with Gasteiger partial charge in [-0.25, -0.2) is 0 Å². The molecule has 0 heterocycles. The van der Waals surface area contributed by atoms with E-state index in [0.717, 1.165) is 13.0 Å². The lowest BCUT2D eigenvalue weighted by molar-refractivity contribution is -0.118. The number of allylic oxidation sites excluding steroid dienone is 1. The standard InChI is InChI=1S/C8H15NO/c1-3-5-6-8(10)7-9-4-2/h3,9H,1,4-7H2,2H3. The Morgan fingerprint density at radius 3 is 2.90 bits per heavy atom. The average molecular weight is 141 g/mol. The first-order valence-corrected chi connectivity index (χ1v) is 3.64. The van der Waals surface area contributed by atoms with Gasteiger partial charge in [0.05, 0.1) is 6.54 Å². The van der Waals surface area contributed by atoms with E-state index in [1.807, 2.05) is 6.92 Å². The van der Waals surface area contributed by atoms with Gasteiger partial charge in [0.25, 0.3) is 0 Å². The zero-order valence-electron chi connectivity index (χ0n) is 6.52. The van der Waals surface area contributed by atoms with Crippen LogP contribution in [0.15, 0.2) is 12.7 Å². The molecule has 0 aromatic heterocycles. The van der Waals surface area contributed by atoms with Crippen molar-refractivity contribution in [2.45, 2.75) is 19.8 Å². The van der Waals surface area contributed by atoms with E-state index in [4.69, 9.17) is 0 Å². The Balaban J connectivity index is 3.16. The molecule has 58 valence electrons. The van der Waals surface area contributed by atoms with Gasteiger partial charge in [0, 0.05) is 6.42 Å². The lowest BCUT2D eigenvalue weighted by Crippen LogP contribution is -2.21. The summed E-state index contributed by atoms with van der Waals surface area (Å²) in [5.74, 6) is 0.266. The van der Waals surface area contributed by atoms with Gasteiger partial charge in [0.1, 0.15) is 5.78 Å². The number of hydrogen-bond acceptors (Lipinski definition) is 2. The van der Waals surface area contributed by atoms with Crippen molar-refractivity contribution in [2.75, 3.05) is 13.1 Å². The third kappa shape index (κ3) is 5.51. The van der Waals surface area contributed by atoms with Crippen molar-refractivity contribution in [1.82, 2.24) is 5.32 Å². The molecule has 0 bridgehead atoms. The van der Waals surface area contributed by atoms with Gasteiger partial charge >= 0.3 is 0 Å². The van der Waals surface area contributed by atoms with Crippen molar-refractivity contribution in [3.8, 4) is 0 Å². The average Bonchev–Trinajstić information content (AvgIpc) is 1.97. The third-order valence-electron chi connectivity index (χ3n) is 1.20. The van der Waals surface area contributed by atoms with Gasteiger partial charge in [0.15, 0.2) is 0 Å². The topological polar surface area (TPSA) is 29.1 Å². The fraction of sp³-hybridized carbons (Fsp3) is 0.625. The molecule has 1 N–H and O–H groups in total. The molecule has 0 aliphatic rings. The minimum absolute atomic E-state index is 0.266. The number of Topliss-reactive ketones (excluding diaryl/α,β-unsaturated/α-hetero) is 1. The second-order valence-electron chi connectivity index (χ2n) is 2.15. The minimum Gasteiger partial charge on any atom is -0.310 e. The predicted octanol–water partition coefficient (Wildman–Crippen LogP) is 1.13. The highest BCUT2D eigenvalue weighted by molar-refractivity contribution is 5.80. The maximum atomic E-state index is 10.9. The largest absolute Gasteiger partial charge is 0.310 e. The van der Waals surface area contributed by atoms with Crippen molar-refractivity contribution < 1.29 is 4.79 Å². The summed E-state index contributed by atoms with van der Waals surface area (Å²) in [5.41, 5.74) is 0. The first-order chi connectivity index (χ1) is 4.81. The van der Waals surface area contributed by atoms with E-state index >= 15 is 0 Å². The summed E-state index contributed by atoms with van der Waals surface area (Å²) in [6.07, 6.45) is 3.19. The molecule has 2 heteroatoms. The van der Waals surface area contributed by atoms with Gasteiger partial charge in [-0.05, 0) is 13.0 Å². The zero-order valence-corrected chi connectivity index (χ0v) is 6.52. The fourth-order valence-corrected chi connectivity index (χ4v) is 0.616. The Hall–Kier alpha value is -0.630. The number of carbonyl (C=O) groups is 1. The van der Waals surface area contributed by atoms with Gasteiger partial charge in [-0.2, -0.15) is 0 Å². The summed E-state index contributed by atoms with van der Waals surface area (Å²) in [6, 6.07) is 0. The van der Waals surface area contributed by atoms with E-state index in [1.54, 1.807) is 6.08 Å². The molecule has 0 aliphatic carbocycles. The van der Waals surface area contributed by atoms with Crippen LogP contribution in [0.25, 0.3) is 0 Å². The van der Waals surface area contributed by atoms with Crippen molar-refractivity contribution in [1.29, 1.82) is 0 Å². The van der Waals surface area contributed by atoms with Crippen molar-refractivity contribution in [3.05, 3.63) is 12.7 Å². The summed E-state index contributed by atoms with van der Waals surface area (Å²) in [7, 11) is 0. The maximum Gasteiger partial charge on any atom is 0.146 e. The van der Waals surface area contributed by atoms with E-state index < -0.39 is 0 Å². The van der Waals surface area contributed by atoms with Crippen LogP contribution in [0.1, 0.15) is 19.8 Å². The van der Waals surface area contributed by atoms with Crippen LogP contribution in [0.2, 0.25) is 0 Å². The van der Waals surface area contributed by atoms with Crippen molar-refractivity contribution in [3.63, 3.8) is 0 Å².